The molecule has 0 radical (unpaired) electrons. The molecule has 0 spiro atoms. The Morgan fingerprint density at radius 2 is 1.93 bits per heavy atom. The fourth-order valence-electron chi connectivity index (χ4n) is 2.83. The molecule has 2 N–H and O–H groups in total. The summed E-state index contributed by atoms with van der Waals surface area (Å²) in [7, 11) is 0. The first-order valence-electron chi connectivity index (χ1n) is 5.97. The van der Waals surface area contributed by atoms with Gasteiger partial charge in [0.15, 0.2) is 0 Å². The van der Waals surface area contributed by atoms with Crippen molar-refractivity contribution < 1.29 is 5.11 Å². The fraction of sp³-hybridized carbons (Fsp3) is 1.00. The van der Waals surface area contributed by atoms with Crippen molar-refractivity contribution in [3.8, 4) is 0 Å². The quantitative estimate of drug-likeness (QED) is 0.744. The van der Waals surface area contributed by atoms with Gasteiger partial charge >= 0.3 is 0 Å². The van der Waals surface area contributed by atoms with E-state index in [0.717, 1.165) is 13.1 Å². The number of rotatable bonds is 2. The third-order valence-corrected chi connectivity index (χ3v) is 3.66. The second kappa shape index (κ2) is 6.69. The molecule has 0 aliphatic carbocycles. The molecule has 0 aromatic heterocycles. The maximum atomic E-state index is 9.33. The summed E-state index contributed by atoms with van der Waals surface area (Å²) < 4.78 is 0. The number of nitrogens with zero attached hydrogens (tertiary/aromatic N) is 1. The van der Waals surface area contributed by atoms with Crippen molar-refractivity contribution in [2.24, 2.45) is 5.92 Å². The molecule has 90 valence electrons. The van der Waals surface area contributed by atoms with Gasteiger partial charge in [-0.1, -0.05) is 6.42 Å². The van der Waals surface area contributed by atoms with Crippen molar-refractivity contribution in [3.63, 3.8) is 0 Å². The summed E-state index contributed by atoms with van der Waals surface area (Å²) in [6.07, 6.45) is 5.31. The predicted octanol–water partition coefficient (Wildman–Crippen LogP) is 0.864. The number of hydrogen-bond donors (Lipinski definition) is 2. The van der Waals surface area contributed by atoms with Crippen molar-refractivity contribution in [1.82, 2.24) is 10.2 Å². The molecule has 2 unspecified atom stereocenters. The lowest BCUT2D eigenvalue weighted by molar-refractivity contribution is 0.0608. The minimum absolute atomic E-state index is 0. The van der Waals surface area contributed by atoms with E-state index in [1.165, 1.54) is 38.8 Å². The molecule has 2 aliphatic rings. The number of piperidine rings is 2. The third kappa shape index (κ3) is 3.31. The zero-order valence-corrected chi connectivity index (χ0v) is 10.1. The van der Waals surface area contributed by atoms with E-state index in [4.69, 9.17) is 0 Å². The average molecular weight is 235 g/mol. The highest BCUT2D eigenvalue weighted by Gasteiger charge is 2.29. The lowest BCUT2D eigenvalue weighted by Crippen LogP contribution is -2.52. The van der Waals surface area contributed by atoms with Crippen LogP contribution >= 0.6 is 12.4 Å². The molecule has 2 aliphatic heterocycles. The second-order valence-electron chi connectivity index (χ2n) is 4.60. The Kier molecular flexibility index (Phi) is 5.90. The van der Waals surface area contributed by atoms with Crippen LogP contribution in [-0.4, -0.2) is 48.8 Å². The summed E-state index contributed by atoms with van der Waals surface area (Å²) >= 11 is 0. The van der Waals surface area contributed by atoms with Gasteiger partial charge in [-0.2, -0.15) is 0 Å². The van der Waals surface area contributed by atoms with Crippen molar-refractivity contribution in [3.05, 3.63) is 0 Å². The summed E-state index contributed by atoms with van der Waals surface area (Å²) in [5.41, 5.74) is 0. The zero-order valence-electron chi connectivity index (χ0n) is 9.32. The van der Waals surface area contributed by atoms with Gasteiger partial charge in [0.1, 0.15) is 0 Å². The number of nitrogens with one attached hydrogen (secondary N) is 1. The Bertz CT molecular complexity index is 174. The van der Waals surface area contributed by atoms with Crippen LogP contribution in [0.15, 0.2) is 0 Å². The highest BCUT2D eigenvalue weighted by Crippen LogP contribution is 2.21. The van der Waals surface area contributed by atoms with Crippen molar-refractivity contribution in [2.45, 2.75) is 31.7 Å². The Balaban J connectivity index is 0.00000112. The number of aliphatic hydroxyl groups is 1. The Morgan fingerprint density at radius 3 is 2.60 bits per heavy atom. The van der Waals surface area contributed by atoms with Gasteiger partial charge in [0, 0.05) is 25.1 Å². The molecule has 2 heterocycles. The van der Waals surface area contributed by atoms with Crippen molar-refractivity contribution in [1.29, 1.82) is 0 Å². The van der Waals surface area contributed by atoms with E-state index < -0.39 is 0 Å². The topological polar surface area (TPSA) is 35.5 Å². The van der Waals surface area contributed by atoms with Gasteiger partial charge in [0.25, 0.3) is 0 Å². The summed E-state index contributed by atoms with van der Waals surface area (Å²) in [5.74, 6) is 0.460. The van der Waals surface area contributed by atoms with Crippen LogP contribution in [0.4, 0.5) is 0 Å². The van der Waals surface area contributed by atoms with E-state index in [2.05, 4.69) is 10.2 Å². The first-order chi connectivity index (χ1) is 6.92. The van der Waals surface area contributed by atoms with E-state index in [1.54, 1.807) is 0 Å². The minimum Gasteiger partial charge on any atom is -0.396 e. The SMILES string of the molecule is Cl.OCC1CNCCC1N1CCCCC1. The highest BCUT2D eigenvalue weighted by molar-refractivity contribution is 5.85. The standard InChI is InChI=1S/C11H22N2O.ClH/c14-9-10-8-12-5-4-11(10)13-6-2-1-3-7-13;/h10-12,14H,1-9H2;1H. The first-order valence-corrected chi connectivity index (χ1v) is 5.97. The van der Waals surface area contributed by atoms with Crippen LogP contribution in [-0.2, 0) is 0 Å². The summed E-state index contributed by atoms with van der Waals surface area (Å²) in [6.45, 7) is 4.96. The summed E-state index contributed by atoms with van der Waals surface area (Å²) in [4.78, 5) is 2.60. The largest absolute Gasteiger partial charge is 0.396 e. The van der Waals surface area contributed by atoms with E-state index in [0.29, 0.717) is 18.6 Å². The van der Waals surface area contributed by atoms with Crippen LogP contribution in [0.25, 0.3) is 0 Å². The lowest BCUT2D eigenvalue weighted by atomic mass is 9.91. The Morgan fingerprint density at radius 1 is 1.20 bits per heavy atom. The van der Waals surface area contributed by atoms with Gasteiger partial charge in [0.05, 0.1) is 0 Å². The van der Waals surface area contributed by atoms with Crippen LogP contribution < -0.4 is 5.32 Å². The summed E-state index contributed by atoms with van der Waals surface area (Å²) in [6, 6.07) is 0.640. The molecule has 2 atom stereocenters. The molecule has 0 aromatic carbocycles. The van der Waals surface area contributed by atoms with Gasteiger partial charge in [-0.15, -0.1) is 12.4 Å². The lowest BCUT2D eigenvalue weighted by Gasteiger charge is -2.41. The molecule has 3 nitrogen and oxygen atoms in total. The van der Waals surface area contributed by atoms with Gasteiger partial charge in [-0.3, -0.25) is 4.90 Å². The third-order valence-electron chi connectivity index (χ3n) is 3.66. The van der Waals surface area contributed by atoms with Crippen LogP contribution in [0.2, 0.25) is 0 Å². The molecule has 0 saturated carbocycles. The monoisotopic (exact) mass is 234 g/mol. The summed E-state index contributed by atoms with van der Waals surface area (Å²) in [5, 5.41) is 12.7. The minimum atomic E-state index is 0. The fourth-order valence-corrected chi connectivity index (χ4v) is 2.83. The maximum Gasteiger partial charge on any atom is 0.0486 e. The van der Waals surface area contributed by atoms with Crippen molar-refractivity contribution in [2.75, 3.05) is 32.8 Å². The van der Waals surface area contributed by atoms with E-state index >= 15 is 0 Å². The predicted molar refractivity (Wildman–Crippen MR) is 64.5 cm³/mol. The normalized spacial score (nSPS) is 33.4. The Hall–Kier alpha value is 0.170. The maximum absolute atomic E-state index is 9.33. The van der Waals surface area contributed by atoms with Crippen molar-refractivity contribution >= 4 is 12.4 Å². The van der Waals surface area contributed by atoms with Gasteiger partial charge in [0.2, 0.25) is 0 Å². The molecule has 2 fully saturated rings. The zero-order chi connectivity index (χ0) is 9.80. The number of aliphatic hydroxyl groups excluding tert-OH is 1. The van der Waals surface area contributed by atoms with Crippen LogP contribution in [0.3, 0.4) is 0 Å². The molecule has 2 rings (SSSR count). The van der Waals surface area contributed by atoms with E-state index in [-0.39, 0.29) is 12.4 Å². The molecule has 0 bridgehead atoms. The molecular weight excluding hydrogens is 212 g/mol. The van der Waals surface area contributed by atoms with E-state index in [1.807, 2.05) is 0 Å². The number of likely N-dealkylation sites (tertiary alicyclic amines) is 1. The molecule has 15 heavy (non-hydrogen) atoms. The highest BCUT2D eigenvalue weighted by atomic mass is 35.5. The van der Waals surface area contributed by atoms with Crippen LogP contribution in [0.5, 0.6) is 0 Å². The molecule has 0 aromatic rings. The second-order valence-corrected chi connectivity index (χ2v) is 4.60. The molecule has 0 amide bonds. The van der Waals surface area contributed by atoms with Crippen LogP contribution in [0, 0.1) is 5.92 Å². The molecule has 2 saturated heterocycles. The number of hydrogen-bond acceptors (Lipinski definition) is 3. The van der Waals surface area contributed by atoms with Gasteiger partial charge in [-0.25, -0.2) is 0 Å². The van der Waals surface area contributed by atoms with E-state index in [9.17, 15) is 5.11 Å². The van der Waals surface area contributed by atoms with Crippen LogP contribution in [0.1, 0.15) is 25.7 Å². The number of halogens is 1. The van der Waals surface area contributed by atoms with Gasteiger partial charge < -0.3 is 10.4 Å². The smallest absolute Gasteiger partial charge is 0.0486 e. The molecular formula is C11H23ClN2O. The first kappa shape index (κ1) is 13.2. The Labute approximate surface area is 98.6 Å². The average Bonchev–Trinajstić information content (AvgIpc) is 2.30. The molecule has 4 heteroatoms. The van der Waals surface area contributed by atoms with Gasteiger partial charge in [-0.05, 0) is 38.9 Å².